The molecule has 8 nitrogen and oxygen atoms in total. The first-order chi connectivity index (χ1) is 16.0. The van der Waals surface area contributed by atoms with Gasteiger partial charge in [-0.05, 0) is 36.6 Å². The lowest BCUT2D eigenvalue weighted by Crippen LogP contribution is -2.48. The molecule has 3 aromatic rings. The highest BCUT2D eigenvalue weighted by Crippen LogP contribution is 2.34. The van der Waals surface area contributed by atoms with Crippen LogP contribution in [0.4, 0.5) is 5.69 Å². The summed E-state index contributed by atoms with van der Waals surface area (Å²) in [7, 11) is 0. The Balaban J connectivity index is 1.16. The molecule has 0 saturated carbocycles. The molecule has 5 rings (SSSR count). The number of aromatic nitrogens is 2. The summed E-state index contributed by atoms with van der Waals surface area (Å²) in [5, 5.41) is 6.80. The van der Waals surface area contributed by atoms with E-state index in [0.29, 0.717) is 18.4 Å². The molecule has 2 amide bonds. The minimum Gasteiger partial charge on any atom is -0.353 e. The normalized spacial score (nSPS) is 19.8. The van der Waals surface area contributed by atoms with Crippen molar-refractivity contribution < 1.29 is 9.59 Å². The van der Waals surface area contributed by atoms with Crippen molar-refractivity contribution in [3.8, 4) is 0 Å². The van der Waals surface area contributed by atoms with E-state index in [1.165, 1.54) is 6.92 Å². The summed E-state index contributed by atoms with van der Waals surface area (Å²) < 4.78 is 3.84. The molecular weight excluding hydrogens is 418 g/mol. The van der Waals surface area contributed by atoms with Gasteiger partial charge in [0, 0.05) is 68.9 Å². The van der Waals surface area contributed by atoms with Gasteiger partial charge >= 0.3 is 0 Å². The van der Waals surface area contributed by atoms with E-state index in [1.807, 2.05) is 45.7 Å². The molecule has 2 aromatic heterocycles. The van der Waals surface area contributed by atoms with Crippen LogP contribution in [-0.4, -0.2) is 52.0 Å². The highest BCUT2D eigenvalue weighted by atomic mass is 16.2. The van der Waals surface area contributed by atoms with Gasteiger partial charge in [0.15, 0.2) is 0 Å². The fourth-order valence-corrected chi connectivity index (χ4v) is 5.40. The first-order valence-corrected chi connectivity index (χ1v) is 11.5. The topological polar surface area (TPSA) is 88.4 Å². The van der Waals surface area contributed by atoms with Crippen molar-refractivity contribution in [1.82, 2.24) is 19.4 Å². The number of fused-ring (bicyclic) bond motifs is 5. The summed E-state index contributed by atoms with van der Waals surface area (Å²) in [6.45, 7) is 5.78. The van der Waals surface area contributed by atoms with E-state index in [-0.39, 0.29) is 23.9 Å². The van der Waals surface area contributed by atoms with Crippen LogP contribution in [0.2, 0.25) is 0 Å². The number of carbonyl (C=O) groups is 2. The molecule has 0 radical (unpaired) electrons. The van der Waals surface area contributed by atoms with Crippen molar-refractivity contribution in [1.29, 1.82) is 0 Å². The Bertz CT molecular complexity index is 1260. The SMILES string of the molecule is CC(=O)Nc1cccc2c1ccn2CC(=O)NCCN1CC2CC(C1)c1cccc(=O)n1C2. The fraction of sp³-hybridized carbons (Fsp3) is 0.400. The van der Waals surface area contributed by atoms with Gasteiger partial charge in [-0.25, -0.2) is 0 Å². The molecule has 2 aliphatic rings. The first kappa shape index (κ1) is 21.5. The van der Waals surface area contributed by atoms with Gasteiger partial charge in [-0.2, -0.15) is 0 Å². The second kappa shape index (κ2) is 8.86. The average molecular weight is 448 g/mol. The number of rotatable bonds is 6. The second-order valence-electron chi connectivity index (χ2n) is 9.17. The van der Waals surface area contributed by atoms with E-state index in [4.69, 9.17) is 0 Å². The predicted octanol–water partition coefficient (Wildman–Crippen LogP) is 2.00. The van der Waals surface area contributed by atoms with E-state index in [9.17, 15) is 14.4 Å². The molecule has 2 unspecified atom stereocenters. The van der Waals surface area contributed by atoms with Crippen molar-refractivity contribution in [3.63, 3.8) is 0 Å². The quantitative estimate of drug-likeness (QED) is 0.605. The number of amides is 2. The Morgan fingerprint density at radius 1 is 1.06 bits per heavy atom. The van der Waals surface area contributed by atoms with Gasteiger partial charge < -0.3 is 24.7 Å². The van der Waals surface area contributed by atoms with E-state index in [1.54, 1.807) is 6.07 Å². The minimum absolute atomic E-state index is 0.0356. The molecule has 2 aliphatic heterocycles. The lowest BCUT2D eigenvalue weighted by molar-refractivity contribution is -0.121. The van der Waals surface area contributed by atoms with Crippen molar-refractivity contribution >= 4 is 28.4 Å². The smallest absolute Gasteiger partial charge is 0.250 e. The monoisotopic (exact) mass is 447 g/mol. The Morgan fingerprint density at radius 2 is 1.91 bits per heavy atom. The molecule has 2 N–H and O–H groups in total. The largest absolute Gasteiger partial charge is 0.353 e. The molecular formula is C25H29N5O3. The lowest BCUT2D eigenvalue weighted by atomic mass is 9.83. The van der Waals surface area contributed by atoms with E-state index < -0.39 is 0 Å². The van der Waals surface area contributed by atoms with Crippen molar-refractivity contribution in [2.75, 3.05) is 31.5 Å². The molecule has 8 heteroatoms. The molecule has 1 aromatic carbocycles. The zero-order valence-electron chi connectivity index (χ0n) is 18.8. The molecule has 2 bridgehead atoms. The third-order valence-electron chi connectivity index (χ3n) is 6.74. The number of nitrogens with zero attached hydrogens (tertiary/aromatic N) is 3. The number of likely N-dealkylation sites (tertiary alicyclic amines) is 1. The van der Waals surface area contributed by atoms with Gasteiger partial charge in [-0.3, -0.25) is 14.4 Å². The highest BCUT2D eigenvalue weighted by Gasteiger charge is 2.34. The Morgan fingerprint density at radius 3 is 2.76 bits per heavy atom. The van der Waals surface area contributed by atoms with Gasteiger partial charge in [0.2, 0.25) is 11.8 Å². The van der Waals surface area contributed by atoms with Gasteiger partial charge in [-0.15, -0.1) is 0 Å². The molecule has 1 saturated heterocycles. The van der Waals surface area contributed by atoms with Crippen LogP contribution in [0.1, 0.15) is 25.0 Å². The summed E-state index contributed by atoms with van der Waals surface area (Å²) in [6.07, 6.45) is 3.01. The third-order valence-corrected chi connectivity index (χ3v) is 6.74. The molecule has 2 atom stereocenters. The standard InChI is InChI=1S/C25H29N5O3/c1-17(31)27-21-4-2-6-23-20(21)8-10-29(23)16-24(32)26-9-11-28-13-18-12-19(15-28)22-5-3-7-25(33)30(22)14-18/h2-8,10,18-19H,9,11-16H2,1H3,(H,26,32)(H,27,31). The van der Waals surface area contributed by atoms with Crippen LogP contribution in [0.15, 0.2) is 53.5 Å². The number of pyridine rings is 1. The van der Waals surface area contributed by atoms with Crippen LogP contribution in [0.25, 0.3) is 10.9 Å². The van der Waals surface area contributed by atoms with Crippen LogP contribution >= 0.6 is 0 Å². The third kappa shape index (κ3) is 4.43. The molecule has 4 heterocycles. The van der Waals surface area contributed by atoms with Crippen LogP contribution < -0.4 is 16.2 Å². The summed E-state index contributed by atoms with van der Waals surface area (Å²) in [5.41, 5.74) is 2.91. The summed E-state index contributed by atoms with van der Waals surface area (Å²) in [4.78, 5) is 38.6. The first-order valence-electron chi connectivity index (χ1n) is 11.5. The van der Waals surface area contributed by atoms with Gasteiger partial charge in [-0.1, -0.05) is 12.1 Å². The van der Waals surface area contributed by atoms with E-state index >= 15 is 0 Å². The molecule has 33 heavy (non-hydrogen) atoms. The van der Waals surface area contributed by atoms with Crippen LogP contribution in [0, 0.1) is 5.92 Å². The molecule has 0 aliphatic carbocycles. The molecule has 172 valence electrons. The number of hydrogen-bond acceptors (Lipinski definition) is 4. The fourth-order valence-electron chi connectivity index (χ4n) is 5.40. The number of anilines is 1. The zero-order chi connectivity index (χ0) is 22.9. The molecule has 1 fully saturated rings. The minimum atomic E-state index is -0.120. The van der Waals surface area contributed by atoms with Crippen LogP contribution in [0.3, 0.4) is 0 Å². The summed E-state index contributed by atoms with van der Waals surface area (Å²) in [5.74, 6) is 0.708. The summed E-state index contributed by atoms with van der Waals surface area (Å²) >= 11 is 0. The van der Waals surface area contributed by atoms with Crippen molar-refractivity contribution in [3.05, 3.63) is 64.7 Å². The number of carbonyl (C=O) groups excluding carboxylic acids is 2. The van der Waals surface area contributed by atoms with Gasteiger partial charge in [0.25, 0.3) is 5.56 Å². The number of benzene rings is 1. The Labute approximate surface area is 192 Å². The maximum atomic E-state index is 12.6. The van der Waals surface area contributed by atoms with Crippen molar-refractivity contribution in [2.24, 2.45) is 5.92 Å². The van der Waals surface area contributed by atoms with Crippen LogP contribution in [-0.2, 0) is 22.7 Å². The maximum absolute atomic E-state index is 12.6. The van der Waals surface area contributed by atoms with E-state index in [0.717, 1.165) is 54.9 Å². The van der Waals surface area contributed by atoms with E-state index in [2.05, 4.69) is 21.6 Å². The molecule has 0 spiro atoms. The average Bonchev–Trinajstić information content (AvgIpc) is 3.18. The second-order valence-corrected chi connectivity index (χ2v) is 9.17. The van der Waals surface area contributed by atoms with Crippen molar-refractivity contribution in [2.45, 2.75) is 32.4 Å². The maximum Gasteiger partial charge on any atom is 0.250 e. The predicted molar refractivity (Wildman–Crippen MR) is 127 cm³/mol. The zero-order valence-corrected chi connectivity index (χ0v) is 18.8. The highest BCUT2D eigenvalue weighted by molar-refractivity contribution is 6.01. The van der Waals surface area contributed by atoms with Gasteiger partial charge in [0.05, 0.1) is 11.2 Å². The number of piperidine rings is 1. The Kier molecular flexibility index (Phi) is 5.76. The van der Waals surface area contributed by atoms with Crippen LogP contribution in [0.5, 0.6) is 0 Å². The van der Waals surface area contributed by atoms with Gasteiger partial charge in [0.1, 0.15) is 6.54 Å². The number of hydrogen-bond donors (Lipinski definition) is 2. The lowest BCUT2D eigenvalue weighted by Gasteiger charge is -2.42. The summed E-state index contributed by atoms with van der Waals surface area (Å²) in [6, 6.07) is 13.2. The number of nitrogens with one attached hydrogen (secondary N) is 2. The Hall–Kier alpha value is -3.39.